The number of hydrogen-bond donors (Lipinski definition) is 2. The summed E-state index contributed by atoms with van der Waals surface area (Å²) in [6.45, 7) is 1.42. The molecule has 1 aliphatic heterocycles. The van der Waals surface area contributed by atoms with E-state index >= 15 is 0 Å². The minimum atomic E-state index is 0.0554. The van der Waals surface area contributed by atoms with Crippen molar-refractivity contribution in [2.75, 3.05) is 32.3 Å². The van der Waals surface area contributed by atoms with E-state index in [1.807, 2.05) is 30.0 Å². The molecular formula is C15H22N2O3S. The van der Waals surface area contributed by atoms with Crippen LogP contribution in [0.3, 0.4) is 0 Å². The lowest BCUT2D eigenvalue weighted by Crippen LogP contribution is -2.41. The minimum absolute atomic E-state index is 0.0554. The number of nitrogens with one attached hydrogen (secondary N) is 2. The Morgan fingerprint density at radius 2 is 2.29 bits per heavy atom. The van der Waals surface area contributed by atoms with Gasteiger partial charge in [0.1, 0.15) is 11.5 Å². The van der Waals surface area contributed by atoms with Crippen LogP contribution in [0.4, 0.5) is 0 Å². The quantitative estimate of drug-likeness (QED) is 0.832. The Labute approximate surface area is 129 Å². The molecule has 1 atom stereocenters. The van der Waals surface area contributed by atoms with Gasteiger partial charge in [0.15, 0.2) is 0 Å². The molecule has 1 heterocycles. The van der Waals surface area contributed by atoms with Crippen molar-refractivity contribution in [3.05, 3.63) is 23.8 Å². The van der Waals surface area contributed by atoms with E-state index in [1.165, 1.54) is 0 Å². The van der Waals surface area contributed by atoms with Crippen molar-refractivity contribution in [3.63, 3.8) is 0 Å². The summed E-state index contributed by atoms with van der Waals surface area (Å²) in [6.07, 6.45) is 0.513. The van der Waals surface area contributed by atoms with Gasteiger partial charge in [0.2, 0.25) is 5.91 Å². The molecule has 1 unspecified atom stereocenters. The van der Waals surface area contributed by atoms with Crippen LogP contribution in [-0.2, 0) is 11.3 Å². The fourth-order valence-corrected chi connectivity index (χ4v) is 3.21. The lowest BCUT2D eigenvalue weighted by molar-refractivity contribution is -0.121. The lowest BCUT2D eigenvalue weighted by Gasteiger charge is -2.22. The number of thioether (sulfide) groups is 1. The molecule has 5 nitrogen and oxygen atoms in total. The van der Waals surface area contributed by atoms with E-state index in [0.29, 0.717) is 13.0 Å². The van der Waals surface area contributed by atoms with Crippen molar-refractivity contribution in [2.24, 2.45) is 0 Å². The van der Waals surface area contributed by atoms with Gasteiger partial charge in [-0.3, -0.25) is 4.79 Å². The highest BCUT2D eigenvalue weighted by Gasteiger charge is 2.16. The number of rotatable bonds is 6. The number of carbonyl (C=O) groups is 1. The van der Waals surface area contributed by atoms with Crippen molar-refractivity contribution in [3.8, 4) is 11.5 Å². The first-order chi connectivity index (χ1) is 10.2. The van der Waals surface area contributed by atoms with Gasteiger partial charge in [0, 0.05) is 42.6 Å². The van der Waals surface area contributed by atoms with Crippen LogP contribution >= 0.6 is 11.8 Å². The molecule has 0 aromatic heterocycles. The lowest BCUT2D eigenvalue weighted by atomic mass is 10.1. The monoisotopic (exact) mass is 310 g/mol. The second-order valence-electron chi connectivity index (χ2n) is 4.88. The van der Waals surface area contributed by atoms with Gasteiger partial charge in [-0.25, -0.2) is 0 Å². The topological polar surface area (TPSA) is 59.6 Å². The molecule has 116 valence electrons. The van der Waals surface area contributed by atoms with Gasteiger partial charge < -0.3 is 20.1 Å². The van der Waals surface area contributed by atoms with Crippen molar-refractivity contribution >= 4 is 17.7 Å². The van der Waals surface area contributed by atoms with Gasteiger partial charge in [-0.1, -0.05) is 0 Å². The maximum atomic E-state index is 12.0. The van der Waals surface area contributed by atoms with E-state index in [0.717, 1.165) is 35.1 Å². The van der Waals surface area contributed by atoms with Gasteiger partial charge in [-0.2, -0.15) is 11.8 Å². The molecule has 1 saturated heterocycles. The highest BCUT2D eigenvalue weighted by molar-refractivity contribution is 7.99. The molecule has 1 fully saturated rings. The van der Waals surface area contributed by atoms with Gasteiger partial charge >= 0.3 is 0 Å². The number of carbonyl (C=O) groups excluding carboxylic acids is 1. The molecule has 0 saturated carbocycles. The molecular weight excluding hydrogens is 288 g/mol. The first-order valence-electron chi connectivity index (χ1n) is 7.01. The standard InChI is InChI=1S/C15H22N2O3S/c1-19-13-3-4-14(20-2)11(7-13)9-17-15(18)8-12-10-21-6-5-16-12/h3-4,7,12,16H,5-6,8-10H2,1-2H3,(H,17,18). The molecule has 2 rings (SSSR count). The summed E-state index contributed by atoms with van der Waals surface area (Å²) in [7, 11) is 3.24. The molecule has 0 radical (unpaired) electrons. The normalized spacial score (nSPS) is 18.1. The zero-order chi connectivity index (χ0) is 15.1. The average Bonchev–Trinajstić information content (AvgIpc) is 2.53. The van der Waals surface area contributed by atoms with E-state index in [2.05, 4.69) is 10.6 Å². The van der Waals surface area contributed by atoms with Crippen LogP contribution in [0, 0.1) is 0 Å². The molecule has 1 aliphatic rings. The number of ether oxygens (including phenoxy) is 2. The van der Waals surface area contributed by atoms with Gasteiger partial charge in [-0.05, 0) is 18.2 Å². The Bertz CT molecular complexity index is 476. The van der Waals surface area contributed by atoms with Crippen LogP contribution in [0.5, 0.6) is 11.5 Å². The van der Waals surface area contributed by atoms with Gasteiger partial charge in [0.05, 0.1) is 14.2 Å². The maximum Gasteiger partial charge on any atom is 0.221 e. The molecule has 2 N–H and O–H groups in total. The van der Waals surface area contributed by atoms with Crippen molar-refractivity contribution in [1.29, 1.82) is 0 Å². The summed E-state index contributed by atoms with van der Waals surface area (Å²) < 4.78 is 10.5. The van der Waals surface area contributed by atoms with E-state index in [4.69, 9.17) is 9.47 Å². The third-order valence-corrected chi connectivity index (χ3v) is 4.52. The molecule has 1 aromatic carbocycles. The van der Waals surface area contributed by atoms with Crippen LogP contribution in [0.15, 0.2) is 18.2 Å². The Balaban J connectivity index is 1.87. The fourth-order valence-electron chi connectivity index (χ4n) is 2.26. The summed E-state index contributed by atoms with van der Waals surface area (Å²) in [5.41, 5.74) is 0.913. The summed E-state index contributed by atoms with van der Waals surface area (Å²) in [5.74, 6) is 3.68. The number of hydrogen-bond acceptors (Lipinski definition) is 5. The highest BCUT2D eigenvalue weighted by atomic mass is 32.2. The Kier molecular flexibility index (Phi) is 6.20. The van der Waals surface area contributed by atoms with Crippen molar-refractivity contribution in [1.82, 2.24) is 10.6 Å². The van der Waals surface area contributed by atoms with Crippen LogP contribution in [0.25, 0.3) is 0 Å². The minimum Gasteiger partial charge on any atom is -0.497 e. The Hall–Kier alpha value is -1.40. The van der Waals surface area contributed by atoms with Gasteiger partial charge in [-0.15, -0.1) is 0 Å². The predicted octanol–water partition coefficient (Wildman–Crippen LogP) is 1.42. The highest BCUT2D eigenvalue weighted by Crippen LogP contribution is 2.23. The van der Waals surface area contributed by atoms with Crippen LogP contribution in [0.2, 0.25) is 0 Å². The molecule has 21 heavy (non-hydrogen) atoms. The molecule has 0 spiro atoms. The molecule has 0 bridgehead atoms. The third kappa shape index (κ3) is 4.82. The van der Waals surface area contributed by atoms with Crippen LogP contribution < -0.4 is 20.1 Å². The molecule has 6 heteroatoms. The summed E-state index contributed by atoms with van der Waals surface area (Å²) in [5, 5.41) is 6.31. The molecule has 1 amide bonds. The van der Waals surface area contributed by atoms with Crippen LogP contribution in [-0.4, -0.2) is 44.2 Å². The van der Waals surface area contributed by atoms with E-state index < -0.39 is 0 Å². The second kappa shape index (κ2) is 8.14. The number of benzene rings is 1. The SMILES string of the molecule is COc1ccc(OC)c(CNC(=O)CC2CSCCN2)c1. The largest absolute Gasteiger partial charge is 0.497 e. The van der Waals surface area contributed by atoms with E-state index in [-0.39, 0.29) is 11.9 Å². The van der Waals surface area contributed by atoms with Crippen molar-refractivity contribution in [2.45, 2.75) is 19.0 Å². The zero-order valence-corrected chi connectivity index (χ0v) is 13.3. The van der Waals surface area contributed by atoms with Crippen LogP contribution in [0.1, 0.15) is 12.0 Å². The predicted molar refractivity (Wildman–Crippen MR) is 85.1 cm³/mol. The van der Waals surface area contributed by atoms with E-state index in [9.17, 15) is 4.79 Å². The smallest absolute Gasteiger partial charge is 0.221 e. The second-order valence-corrected chi connectivity index (χ2v) is 6.03. The summed E-state index contributed by atoms with van der Waals surface area (Å²) >= 11 is 1.89. The first-order valence-corrected chi connectivity index (χ1v) is 8.17. The number of amides is 1. The Morgan fingerprint density at radius 1 is 1.43 bits per heavy atom. The summed E-state index contributed by atoms with van der Waals surface area (Å²) in [4.78, 5) is 12.0. The molecule has 0 aliphatic carbocycles. The average molecular weight is 310 g/mol. The molecule has 1 aromatic rings. The van der Waals surface area contributed by atoms with Crippen molar-refractivity contribution < 1.29 is 14.3 Å². The maximum absolute atomic E-state index is 12.0. The zero-order valence-electron chi connectivity index (χ0n) is 12.5. The summed E-state index contributed by atoms with van der Waals surface area (Å²) in [6, 6.07) is 5.84. The third-order valence-electron chi connectivity index (χ3n) is 3.39. The first kappa shape index (κ1) is 16.0. The fraction of sp³-hybridized carbons (Fsp3) is 0.533. The van der Waals surface area contributed by atoms with E-state index in [1.54, 1.807) is 14.2 Å². The number of methoxy groups -OCH3 is 2. The Morgan fingerprint density at radius 3 is 2.95 bits per heavy atom. The van der Waals surface area contributed by atoms with Gasteiger partial charge in [0.25, 0.3) is 0 Å².